The highest BCUT2D eigenvalue weighted by atomic mass is 16.5. The summed E-state index contributed by atoms with van der Waals surface area (Å²) in [5.41, 5.74) is 0.116. The monoisotopic (exact) mass is 527 g/mol. The minimum atomic E-state index is -0.988. The zero-order valence-corrected chi connectivity index (χ0v) is 22.5. The Balaban J connectivity index is 1.19. The predicted molar refractivity (Wildman–Crippen MR) is 137 cm³/mol. The molecule has 4 rings (SSSR count). The fraction of sp³-hybridized carbons (Fsp3) is 0.607. The molecule has 0 aromatic heterocycles. The summed E-state index contributed by atoms with van der Waals surface area (Å²) in [6.07, 6.45) is 2.59. The first kappa shape index (κ1) is 27.8. The lowest BCUT2D eigenvalue weighted by atomic mass is 9.49. The molecular weight excluding hydrogens is 490 g/mol. The van der Waals surface area contributed by atoms with Crippen LogP contribution in [0.3, 0.4) is 0 Å². The third kappa shape index (κ3) is 4.93. The number of carbonyl (C=O) groups excluding carboxylic acids is 5. The summed E-state index contributed by atoms with van der Waals surface area (Å²) >= 11 is 0. The zero-order chi connectivity index (χ0) is 27.6. The van der Waals surface area contributed by atoms with Crippen LogP contribution in [0.2, 0.25) is 0 Å². The van der Waals surface area contributed by atoms with E-state index in [4.69, 9.17) is 9.47 Å². The quantitative estimate of drug-likeness (QED) is 0.333. The molecule has 2 N–H and O–H groups in total. The van der Waals surface area contributed by atoms with Crippen LogP contribution in [0.1, 0.15) is 73.6 Å². The number of carbonyl (C=O) groups is 5. The summed E-state index contributed by atoms with van der Waals surface area (Å²) in [5.74, 6) is -0.621. The number of ether oxygens (including phenoxy) is 2. The van der Waals surface area contributed by atoms with Crippen LogP contribution in [-0.4, -0.2) is 67.3 Å². The maximum absolute atomic E-state index is 12.9. The zero-order valence-electron chi connectivity index (χ0n) is 22.5. The molecule has 206 valence electrons. The Morgan fingerprint density at radius 2 is 1.84 bits per heavy atom. The molecule has 10 nitrogen and oxygen atoms in total. The van der Waals surface area contributed by atoms with Gasteiger partial charge in [0.1, 0.15) is 11.8 Å². The summed E-state index contributed by atoms with van der Waals surface area (Å²) in [6.45, 7) is 8.00. The maximum atomic E-state index is 12.9. The fourth-order valence-corrected chi connectivity index (χ4v) is 6.09. The van der Waals surface area contributed by atoms with Crippen molar-refractivity contribution >= 4 is 29.5 Å². The lowest BCUT2D eigenvalue weighted by Gasteiger charge is -2.55. The first-order valence-corrected chi connectivity index (χ1v) is 13.4. The molecule has 5 amide bonds. The Labute approximate surface area is 222 Å². The molecule has 1 aromatic rings. The van der Waals surface area contributed by atoms with E-state index in [9.17, 15) is 24.0 Å². The number of hydrogen-bond donors (Lipinski definition) is 2. The lowest BCUT2D eigenvalue weighted by molar-refractivity contribution is -0.159. The number of unbranched alkanes of at least 4 members (excludes halogenated alkanes) is 1. The van der Waals surface area contributed by atoms with E-state index in [-0.39, 0.29) is 47.1 Å². The first-order valence-electron chi connectivity index (χ1n) is 13.4. The van der Waals surface area contributed by atoms with Crippen LogP contribution < -0.4 is 15.4 Å². The van der Waals surface area contributed by atoms with Gasteiger partial charge in [-0.15, -0.1) is 0 Å². The highest BCUT2D eigenvalue weighted by molar-refractivity contribution is 6.23. The van der Waals surface area contributed by atoms with E-state index in [1.165, 1.54) is 12.1 Å². The number of hydrogen-bond acceptors (Lipinski definition) is 7. The van der Waals surface area contributed by atoms with Crippen LogP contribution in [0.5, 0.6) is 5.75 Å². The van der Waals surface area contributed by atoms with Crippen molar-refractivity contribution in [3.8, 4) is 5.75 Å². The first-order chi connectivity index (χ1) is 18.1. The van der Waals surface area contributed by atoms with Crippen molar-refractivity contribution in [3.63, 3.8) is 0 Å². The molecule has 2 fully saturated rings. The van der Waals surface area contributed by atoms with E-state index >= 15 is 0 Å². The Bertz CT molecular complexity index is 1130. The van der Waals surface area contributed by atoms with Crippen molar-refractivity contribution in [2.75, 3.05) is 26.9 Å². The van der Waals surface area contributed by atoms with Gasteiger partial charge in [0.15, 0.2) is 0 Å². The van der Waals surface area contributed by atoms with Gasteiger partial charge in [0.05, 0.1) is 23.1 Å². The van der Waals surface area contributed by atoms with Gasteiger partial charge in [-0.05, 0) is 61.6 Å². The average Bonchev–Trinajstić information content (AvgIpc) is 3.13. The van der Waals surface area contributed by atoms with Gasteiger partial charge in [-0.25, -0.2) is 0 Å². The molecule has 0 spiro atoms. The Morgan fingerprint density at radius 3 is 2.50 bits per heavy atom. The summed E-state index contributed by atoms with van der Waals surface area (Å²) in [4.78, 5) is 62.7. The minimum Gasteiger partial charge on any atom is -0.494 e. The molecule has 4 unspecified atom stereocenters. The van der Waals surface area contributed by atoms with Gasteiger partial charge >= 0.3 is 0 Å². The van der Waals surface area contributed by atoms with Gasteiger partial charge in [0.25, 0.3) is 11.8 Å². The number of benzene rings is 1. The van der Waals surface area contributed by atoms with Crippen LogP contribution in [-0.2, 0) is 19.1 Å². The third-order valence-corrected chi connectivity index (χ3v) is 8.49. The molecule has 4 atom stereocenters. The molecule has 10 heteroatoms. The van der Waals surface area contributed by atoms with Gasteiger partial charge in [-0.3, -0.25) is 34.2 Å². The number of imide groups is 2. The summed E-state index contributed by atoms with van der Waals surface area (Å²) in [6, 6.07) is 3.72. The van der Waals surface area contributed by atoms with Gasteiger partial charge in [0, 0.05) is 26.7 Å². The molecule has 1 saturated heterocycles. The van der Waals surface area contributed by atoms with Crippen LogP contribution in [0, 0.1) is 23.2 Å². The van der Waals surface area contributed by atoms with Crippen molar-refractivity contribution < 1.29 is 33.4 Å². The third-order valence-electron chi connectivity index (χ3n) is 8.49. The molecule has 1 saturated carbocycles. The van der Waals surface area contributed by atoms with Crippen molar-refractivity contribution in [1.29, 1.82) is 0 Å². The molecule has 0 radical (unpaired) electrons. The van der Waals surface area contributed by atoms with E-state index in [1.807, 2.05) is 0 Å². The number of amides is 5. The van der Waals surface area contributed by atoms with E-state index in [2.05, 4.69) is 31.4 Å². The van der Waals surface area contributed by atoms with Crippen molar-refractivity contribution in [3.05, 3.63) is 29.3 Å². The second kappa shape index (κ2) is 11.2. The second-order valence-electron chi connectivity index (χ2n) is 10.8. The maximum Gasteiger partial charge on any atom is 0.262 e. The average molecular weight is 528 g/mol. The molecule has 3 aliphatic rings. The van der Waals surface area contributed by atoms with Crippen molar-refractivity contribution in [2.24, 2.45) is 23.2 Å². The number of fused-ring (bicyclic) bond motifs is 1. The SMILES string of the molecule is CNC(=O)C1(C(C)C)CC(COCCCCOc2ccc3c(c2)C(=O)N(C2CCC(=O)NC2=O)C3=O)C1C. The number of nitrogens with zero attached hydrogens (tertiary/aromatic N) is 1. The molecule has 0 bridgehead atoms. The van der Waals surface area contributed by atoms with Gasteiger partial charge in [0.2, 0.25) is 17.7 Å². The number of rotatable bonds is 11. The molecule has 1 aliphatic carbocycles. The van der Waals surface area contributed by atoms with E-state index < -0.39 is 29.7 Å². The van der Waals surface area contributed by atoms with Gasteiger partial charge in [-0.2, -0.15) is 0 Å². The highest BCUT2D eigenvalue weighted by Crippen LogP contribution is 2.55. The molecule has 2 aliphatic heterocycles. The largest absolute Gasteiger partial charge is 0.494 e. The standard InChI is InChI=1S/C28H37N3O7/c1-16(2)28(27(36)29-4)14-18(17(28)3)15-37-11-5-6-12-38-19-7-8-20-21(13-19)26(35)31(25(20)34)22-9-10-23(32)30-24(22)33/h7-8,13,16-18,22H,5-6,9-12,14-15H2,1-4H3,(H,29,36)(H,30,32,33). The fourth-order valence-electron chi connectivity index (χ4n) is 6.09. The molecular formula is C28H37N3O7. The van der Waals surface area contributed by atoms with Gasteiger partial charge < -0.3 is 14.8 Å². The number of piperidine rings is 1. The number of nitrogens with one attached hydrogen (secondary N) is 2. The van der Waals surface area contributed by atoms with Gasteiger partial charge in [-0.1, -0.05) is 20.8 Å². The van der Waals surface area contributed by atoms with Crippen LogP contribution >= 0.6 is 0 Å². The summed E-state index contributed by atoms with van der Waals surface area (Å²) in [5, 5.41) is 5.01. The van der Waals surface area contributed by atoms with Crippen LogP contribution in [0.25, 0.3) is 0 Å². The topological polar surface area (TPSA) is 131 Å². The predicted octanol–water partition coefficient (Wildman–Crippen LogP) is 2.31. The normalized spacial score (nSPS) is 26.8. The Morgan fingerprint density at radius 1 is 1.13 bits per heavy atom. The van der Waals surface area contributed by atoms with Crippen LogP contribution in [0.15, 0.2) is 18.2 Å². The summed E-state index contributed by atoms with van der Waals surface area (Å²) in [7, 11) is 1.70. The smallest absolute Gasteiger partial charge is 0.262 e. The lowest BCUT2D eigenvalue weighted by Crippen LogP contribution is -2.59. The van der Waals surface area contributed by atoms with E-state index in [0.717, 1.165) is 24.2 Å². The van der Waals surface area contributed by atoms with Crippen molar-refractivity contribution in [1.82, 2.24) is 15.5 Å². The summed E-state index contributed by atoms with van der Waals surface area (Å²) < 4.78 is 11.7. The van der Waals surface area contributed by atoms with Crippen molar-refractivity contribution in [2.45, 2.75) is 58.9 Å². The highest BCUT2D eigenvalue weighted by Gasteiger charge is 2.57. The Kier molecular flexibility index (Phi) is 8.20. The van der Waals surface area contributed by atoms with Crippen LogP contribution in [0.4, 0.5) is 0 Å². The Hall–Kier alpha value is -3.27. The van der Waals surface area contributed by atoms with E-state index in [1.54, 1.807) is 13.1 Å². The molecule has 38 heavy (non-hydrogen) atoms. The van der Waals surface area contributed by atoms with E-state index in [0.29, 0.717) is 31.5 Å². The minimum absolute atomic E-state index is 0.0797. The molecule has 1 aromatic carbocycles. The second-order valence-corrected chi connectivity index (χ2v) is 10.8. The molecule has 2 heterocycles.